The van der Waals surface area contributed by atoms with Gasteiger partial charge in [-0.2, -0.15) is 18.3 Å². The normalized spacial score (nSPS) is 12.3. The van der Waals surface area contributed by atoms with Crippen LogP contribution in [0.15, 0.2) is 35.3 Å². The lowest BCUT2D eigenvalue weighted by Crippen LogP contribution is -2.36. The van der Waals surface area contributed by atoms with E-state index in [0.29, 0.717) is 11.3 Å². The molecule has 4 N–H and O–H groups in total. The molecule has 30 heavy (non-hydrogen) atoms. The monoisotopic (exact) mass is 429 g/mol. The molecule has 1 heterocycles. The minimum absolute atomic E-state index is 0.0976. The van der Waals surface area contributed by atoms with E-state index in [4.69, 9.17) is 15.3 Å². The molecule has 1 atom stereocenters. The van der Waals surface area contributed by atoms with Crippen molar-refractivity contribution in [2.24, 2.45) is 5.84 Å². The molecule has 0 aliphatic carbocycles. The van der Waals surface area contributed by atoms with Gasteiger partial charge in [0.2, 0.25) is 0 Å². The maximum absolute atomic E-state index is 13.6. The predicted octanol–water partition coefficient (Wildman–Crippen LogP) is 1.13. The van der Waals surface area contributed by atoms with Crippen molar-refractivity contribution < 1.29 is 27.4 Å². The smallest absolute Gasteiger partial charge is 0.423 e. The number of nitrogens with zero attached hydrogens (tertiary/aromatic N) is 2. The zero-order valence-corrected chi connectivity index (χ0v) is 16.3. The van der Waals surface area contributed by atoms with E-state index >= 15 is 0 Å². The molecule has 0 radical (unpaired) electrons. The van der Waals surface area contributed by atoms with E-state index < -0.39 is 34.9 Å². The number of hydrogen-bond acceptors (Lipinski definition) is 7. The molecule has 0 spiro atoms. The molecule has 0 fully saturated rings. The molecule has 1 aromatic carbocycles. The second-order valence-corrected chi connectivity index (χ2v) is 6.37. The number of carbonyl (C=O) groups is 1. The number of hydrazine groups is 1. The highest BCUT2D eigenvalue weighted by Crippen LogP contribution is 2.32. The van der Waals surface area contributed by atoms with Crippen LogP contribution in [0.3, 0.4) is 0 Å². The van der Waals surface area contributed by atoms with Crippen LogP contribution in [0.2, 0.25) is 0 Å². The average Bonchev–Trinajstić information content (AvgIpc) is 2.69. The van der Waals surface area contributed by atoms with E-state index in [9.17, 15) is 22.8 Å². The Morgan fingerprint density at radius 3 is 2.53 bits per heavy atom. The fourth-order valence-corrected chi connectivity index (χ4v) is 2.57. The van der Waals surface area contributed by atoms with Crippen LogP contribution in [0.25, 0.3) is 0 Å². The van der Waals surface area contributed by atoms with Gasteiger partial charge in [-0.15, -0.1) is 0 Å². The zero-order chi connectivity index (χ0) is 22.3. The number of nitrogens with one attached hydrogen (secondary N) is 2. The summed E-state index contributed by atoms with van der Waals surface area (Å²) in [6, 6.07) is 5.88. The summed E-state index contributed by atoms with van der Waals surface area (Å²) in [5.41, 5.74) is -0.671. The van der Waals surface area contributed by atoms with Gasteiger partial charge in [-0.05, 0) is 24.6 Å². The van der Waals surface area contributed by atoms with Crippen LogP contribution in [0.1, 0.15) is 18.1 Å². The molecule has 12 heteroatoms. The quantitative estimate of drug-likeness (QED) is 0.310. The van der Waals surface area contributed by atoms with Crippen molar-refractivity contribution >= 4 is 11.6 Å². The Morgan fingerprint density at radius 2 is 1.97 bits per heavy atom. The van der Waals surface area contributed by atoms with E-state index in [-0.39, 0.29) is 19.8 Å². The van der Waals surface area contributed by atoms with Gasteiger partial charge in [-0.25, -0.2) is 10.5 Å². The molecule has 9 nitrogen and oxygen atoms in total. The standard InChI is InChI=1S/C18H22F3N5O4/c1-11(9-30-10-15(27)25-22)24-14-7-23-26(17(28)16(14)18(19,20)21)8-12-3-5-13(29-2)6-4-12/h3-7,11,24H,8-10,22H2,1-2H3,(H,25,27). The lowest BCUT2D eigenvalue weighted by Gasteiger charge is -2.19. The third-order valence-corrected chi connectivity index (χ3v) is 3.98. The SMILES string of the molecule is COc1ccc(Cn2ncc(NC(C)COCC(=O)NN)c(C(F)(F)F)c2=O)cc1. The van der Waals surface area contributed by atoms with E-state index in [1.165, 1.54) is 14.0 Å². The molecule has 164 valence electrons. The van der Waals surface area contributed by atoms with Crippen molar-refractivity contribution in [3.8, 4) is 5.75 Å². The van der Waals surface area contributed by atoms with Gasteiger partial charge in [-0.1, -0.05) is 12.1 Å². The Balaban J connectivity index is 2.22. The van der Waals surface area contributed by atoms with Crippen LogP contribution in [0.5, 0.6) is 5.75 Å². The van der Waals surface area contributed by atoms with Crippen LogP contribution < -0.4 is 26.9 Å². The van der Waals surface area contributed by atoms with Gasteiger partial charge in [0.25, 0.3) is 11.5 Å². The number of hydrogen-bond donors (Lipinski definition) is 3. The first kappa shape index (κ1) is 23.2. The molecule has 1 aromatic heterocycles. The second kappa shape index (κ2) is 10.1. The number of amides is 1. The summed E-state index contributed by atoms with van der Waals surface area (Å²) in [7, 11) is 1.49. The fraction of sp³-hybridized carbons (Fsp3) is 0.389. The molecule has 1 unspecified atom stereocenters. The van der Waals surface area contributed by atoms with Crippen molar-refractivity contribution in [2.45, 2.75) is 25.7 Å². The van der Waals surface area contributed by atoms with E-state index in [2.05, 4.69) is 10.4 Å². The van der Waals surface area contributed by atoms with E-state index in [1.54, 1.807) is 24.3 Å². The summed E-state index contributed by atoms with van der Waals surface area (Å²) < 4.78 is 51.6. The summed E-state index contributed by atoms with van der Waals surface area (Å²) in [6.07, 6.45) is -3.96. The number of benzene rings is 1. The molecule has 2 aromatic rings. The third kappa shape index (κ3) is 6.19. The molecule has 2 rings (SSSR count). The van der Waals surface area contributed by atoms with Gasteiger partial charge in [0.05, 0.1) is 32.1 Å². The molecule has 0 aliphatic heterocycles. The molecular weight excluding hydrogens is 407 g/mol. The van der Waals surface area contributed by atoms with Crippen molar-refractivity contribution in [2.75, 3.05) is 25.6 Å². The van der Waals surface area contributed by atoms with Crippen LogP contribution in [0, 0.1) is 0 Å². The van der Waals surface area contributed by atoms with Gasteiger partial charge in [0.1, 0.15) is 17.9 Å². The predicted molar refractivity (Wildman–Crippen MR) is 102 cm³/mol. The van der Waals surface area contributed by atoms with Crippen molar-refractivity contribution in [3.05, 3.63) is 51.9 Å². The molecule has 0 aliphatic rings. The molecule has 1 amide bonds. The van der Waals surface area contributed by atoms with Crippen LogP contribution >= 0.6 is 0 Å². The number of anilines is 1. The number of methoxy groups -OCH3 is 1. The van der Waals surface area contributed by atoms with Crippen LogP contribution in [-0.4, -0.2) is 42.1 Å². The third-order valence-electron chi connectivity index (χ3n) is 3.98. The van der Waals surface area contributed by atoms with Crippen LogP contribution in [-0.2, 0) is 22.3 Å². The average molecular weight is 429 g/mol. The van der Waals surface area contributed by atoms with Gasteiger partial charge < -0.3 is 14.8 Å². The van der Waals surface area contributed by atoms with Crippen molar-refractivity contribution in [3.63, 3.8) is 0 Å². The fourth-order valence-electron chi connectivity index (χ4n) is 2.57. The molecular formula is C18H22F3N5O4. The maximum atomic E-state index is 13.6. The van der Waals surface area contributed by atoms with Gasteiger partial charge in [0.15, 0.2) is 0 Å². The Bertz CT molecular complexity index is 916. The zero-order valence-electron chi connectivity index (χ0n) is 16.3. The first-order valence-corrected chi connectivity index (χ1v) is 8.79. The number of nitrogens with two attached hydrogens (primary N) is 1. The topological polar surface area (TPSA) is 120 Å². The Hall–Kier alpha value is -3.12. The summed E-state index contributed by atoms with van der Waals surface area (Å²) in [5, 5.41) is 6.41. The van der Waals surface area contributed by atoms with E-state index in [1.807, 2.05) is 5.43 Å². The highest BCUT2D eigenvalue weighted by Gasteiger charge is 2.38. The molecule has 0 bridgehead atoms. The summed E-state index contributed by atoms with van der Waals surface area (Å²) in [6.45, 7) is 0.943. The maximum Gasteiger partial charge on any atom is 0.423 e. The van der Waals surface area contributed by atoms with E-state index in [0.717, 1.165) is 10.9 Å². The Morgan fingerprint density at radius 1 is 1.30 bits per heavy atom. The van der Waals surface area contributed by atoms with Gasteiger partial charge >= 0.3 is 6.18 Å². The first-order valence-electron chi connectivity index (χ1n) is 8.79. The number of alkyl halides is 3. The van der Waals surface area contributed by atoms with Crippen molar-refractivity contribution in [1.82, 2.24) is 15.2 Å². The summed E-state index contributed by atoms with van der Waals surface area (Å²) in [4.78, 5) is 23.5. The molecule has 0 saturated carbocycles. The highest BCUT2D eigenvalue weighted by atomic mass is 19.4. The lowest BCUT2D eigenvalue weighted by atomic mass is 10.2. The number of carbonyl (C=O) groups excluding carboxylic acids is 1. The van der Waals surface area contributed by atoms with Gasteiger partial charge in [-0.3, -0.25) is 15.0 Å². The lowest BCUT2D eigenvalue weighted by molar-refractivity contribution is -0.138. The van der Waals surface area contributed by atoms with Gasteiger partial charge in [0, 0.05) is 6.04 Å². The minimum Gasteiger partial charge on any atom is -0.497 e. The number of rotatable bonds is 9. The second-order valence-electron chi connectivity index (χ2n) is 6.37. The summed E-state index contributed by atoms with van der Waals surface area (Å²) >= 11 is 0. The Kier molecular flexibility index (Phi) is 7.78. The summed E-state index contributed by atoms with van der Waals surface area (Å²) in [5.74, 6) is 4.90. The highest BCUT2D eigenvalue weighted by molar-refractivity contribution is 5.76. The van der Waals surface area contributed by atoms with Crippen molar-refractivity contribution in [1.29, 1.82) is 0 Å². The number of ether oxygens (including phenoxy) is 2. The number of halogens is 3. The molecule has 0 saturated heterocycles. The van der Waals surface area contributed by atoms with Crippen LogP contribution in [0.4, 0.5) is 18.9 Å². The first-order chi connectivity index (χ1) is 14.2. The Labute approximate surface area is 169 Å². The minimum atomic E-state index is -4.90. The number of aromatic nitrogens is 2. The largest absolute Gasteiger partial charge is 0.497 e.